The Balaban J connectivity index is 1.41. The van der Waals surface area contributed by atoms with Crippen LogP contribution in [0.5, 0.6) is 0 Å². The molecule has 0 aromatic heterocycles. The van der Waals surface area contributed by atoms with E-state index in [1.807, 2.05) is 24.3 Å². The normalized spacial score (nSPS) is 20.1. The van der Waals surface area contributed by atoms with Crippen LogP contribution in [0.3, 0.4) is 0 Å². The number of benzene rings is 2. The van der Waals surface area contributed by atoms with Crippen LogP contribution in [-0.2, 0) is 30.8 Å². The molecule has 2 aromatic rings. The van der Waals surface area contributed by atoms with Crippen molar-refractivity contribution >= 4 is 27.6 Å². The molecule has 2 aliphatic rings. The van der Waals surface area contributed by atoms with Gasteiger partial charge >= 0.3 is 5.97 Å². The maximum atomic E-state index is 13.2. The number of hydrogen-bond donors (Lipinski definition) is 0. The van der Waals surface area contributed by atoms with Crippen molar-refractivity contribution in [2.45, 2.75) is 43.6 Å². The Morgan fingerprint density at radius 2 is 1.79 bits per heavy atom. The number of amides is 1. The van der Waals surface area contributed by atoms with Crippen molar-refractivity contribution in [1.29, 1.82) is 0 Å². The van der Waals surface area contributed by atoms with Crippen LogP contribution in [0.1, 0.15) is 31.7 Å². The number of hydrogen-bond acceptors (Lipinski definition) is 5. The number of rotatable bonds is 5. The molecule has 0 N–H and O–H groups in total. The van der Waals surface area contributed by atoms with Gasteiger partial charge in [-0.3, -0.25) is 9.59 Å². The summed E-state index contributed by atoms with van der Waals surface area (Å²) in [5.41, 5.74) is 1.93. The number of carbonyl (C=O) groups excluding carboxylic acids is 2. The van der Waals surface area contributed by atoms with E-state index in [1.54, 1.807) is 11.8 Å². The molecule has 2 atom stereocenters. The first-order valence-corrected chi connectivity index (χ1v) is 12.6. The largest absolute Gasteiger partial charge is 0.452 e. The van der Waals surface area contributed by atoms with Crippen molar-refractivity contribution in [3.05, 3.63) is 59.9 Å². The number of ether oxygens (including phenoxy) is 1. The minimum absolute atomic E-state index is 0.0229. The summed E-state index contributed by atoms with van der Waals surface area (Å²) in [7, 11) is -3.86. The van der Waals surface area contributed by atoms with Gasteiger partial charge in [0.05, 0.1) is 10.8 Å². The van der Waals surface area contributed by atoms with E-state index >= 15 is 0 Å². The predicted octanol–water partition coefficient (Wildman–Crippen LogP) is 3.14. The van der Waals surface area contributed by atoms with E-state index in [0.717, 1.165) is 36.2 Å². The number of piperidine rings is 1. The van der Waals surface area contributed by atoms with Gasteiger partial charge in [-0.05, 0) is 68.5 Å². The highest BCUT2D eigenvalue weighted by atomic mass is 32.2. The molecule has 33 heavy (non-hydrogen) atoms. The van der Waals surface area contributed by atoms with Crippen molar-refractivity contribution < 1.29 is 27.1 Å². The topological polar surface area (TPSA) is 84.0 Å². The SMILES string of the molecule is CC(OC(=O)C1CCCN(S(=O)(=O)c2ccc(F)cc2)C1)C(=O)N1CCCc2ccccc21. The van der Waals surface area contributed by atoms with Gasteiger partial charge in [0.25, 0.3) is 5.91 Å². The maximum Gasteiger partial charge on any atom is 0.311 e. The van der Waals surface area contributed by atoms with Gasteiger partial charge in [0.1, 0.15) is 5.82 Å². The van der Waals surface area contributed by atoms with Crippen LogP contribution in [0.2, 0.25) is 0 Å². The molecule has 176 valence electrons. The molecule has 0 bridgehead atoms. The van der Waals surface area contributed by atoms with E-state index in [2.05, 4.69) is 0 Å². The molecular formula is C24H27FN2O5S. The molecule has 1 saturated heterocycles. The fourth-order valence-corrected chi connectivity index (χ4v) is 5.94. The lowest BCUT2D eigenvalue weighted by molar-refractivity contribution is -0.159. The average Bonchev–Trinajstić information content (AvgIpc) is 2.83. The first-order chi connectivity index (χ1) is 15.8. The molecule has 1 amide bonds. The fourth-order valence-electron chi connectivity index (χ4n) is 4.41. The molecule has 2 unspecified atom stereocenters. The molecule has 0 saturated carbocycles. The predicted molar refractivity (Wildman–Crippen MR) is 121 cm³/mol. The lowest BCUT2D eigenvalue weighted by Gasteiger charge is -2.33. The Labute approximate surface area is 193 Å². The number of sulfonamides is 1. The second kappa shape index (κ2) is 9.61. The van der Waals surface area contributed by atoms with Gasteiger partial charge in [-0.2, -0.15) is 4.31 Å². The van der Waals surface area contributed by atoms with Gasteiger partial charge in [-0.25, -0.2) is 12.8 Å². The van der Waals surface area contributed by atoms with Gasteiger partial charge in [0.15, 0.2) is 6.10 Å². The summed E-state index contributed by atoms with van der Waals surface area (Å²) in [4.78, 5) is 27.5. The van der Waals surface area contributed by atoms with Crippen molar-refractivity contribution in [1.82, 2.24) is 4.31 Å². The molecular weight excluding hydrogens is 447 g/mol. The first-order valence-electron chi connectivity index (χ1n) is 11.1. The average molecular weight is 475 g/mol. The van der Waals surface area contributed by atoms with E-state index in [0.29, 0.717) is 19.4 Å². The third-order valence-electron chi connectivity index (χ3n) is 6.19. The number of aryl methyl sites for hydroxylation is 1. The molecule has 2 aromatic carbocycles. The van der Waals surface area contributed by atoms with E-state index in [4.69, 9.17) is 4.74 Å². The van der Waals surface area contributed by atoms with Crippen LogP contribution < -0.4 is 4.90 Å². The Morgan fingerprint density at radius 3 is 2.55 bits per heavy atom. The van der Waals surface area contributed by atoms with Gasteiger partial charge in [-0.1, -0.05) is 18.2 Å². The molecule has 7 nitrogen and oxygen atoms in total. The lowest BCUT2D eigenvalue weighted by atomic mass is 10.00. The van der Waals surface area contributed by atoms with Gasteiger partial charge in [-0.15, -0.1) is 0 Å². The summed E-state index contributed by atoms with van der Waals surface area (Å²) in [6, 6.07) is 12.3. The summed E-state index contributed by atoms with van der Waals surface area (Å²) in [6.07, 6.45) is 1.72. The third-order valence-corrected chi connectivity index (χ3v) is 8.07. The van der Waals surface area contributed by atoms with Crippen LogP contribution in [0, 0.1) is 11.7 Å². The summed E-state index contributed by atoms with van der Waals surface area (Å²) >= 11 is 0. The minimum Gasteiger partial charge on any atom is -0.452 e. The standard InChI is InChI=1S/C24H27FN2O5S/c1-17(23(28)27-15-5-7-18-6-2-3-9-22(18)27)32-24(29)19-8-4-14-26(16-19)33(30,31)21-12-10-20(25)11-13-21/h2-3,6,9-13,17,19H,4-5,7-8,14-16H2,1H3. The van der Waals surface area contributed by atoms with Crippen LogP contribution in [0.4, 0.5) is 10.1 Å². The van der Waals surface area contributed by atoms with Crippen molar-refractivity contribution in [2.75, 3.05) is 24.5 Å². The van der Waals surface area contributed by atoms with Crippen molar-refractivity contribution in [3.63, 3.8) is 0 Å². The molecule has 2 heterocycles. The monoisotopic (exact) mass is 474 g/mol. The van der Waals surface area contributed by atoms with Crippen molar-refractivity contribution in [2.24, 2.45) is 5.92 Å². The lowest BCUT2D eigenvalue weighted by Crippen LogP contribution is -2.46. The number of para-hydroxylation sites is 1. The first kappa shape index (κ1) is 23.4. The molecule has 9 heteroatoms. The smallest absolute Gasteiger partial charge is 0.311 e. The van der Waals surface area contributed by atoms with Crippen molar-refractivity contribution in [3.8, 4) is 0 Å². The second-order valence-corrected chi connectivity index (χ2v) is 10.4. The van der Waals surface area contributed by atoms with Crippen LogP contribution in [0.15, 0.2) is 53.4 Å². The zero-order valence-electron chi connectivity index (χ0n) is 18.4. The maximum absolute atomic E-state index is 13.2. The molecule has 1 fully saturated rings. The number of carbonyl (C=O) groups is 2. The van der Waals surface area contributed by atoms with Gasteiger partial charge in [0.2, 0.25) is 10.0 Å². The number of fused-ring (bicyclic) bond motifs is 1. The van der Waals surface area contributed by atoms with E-state index in [-0.39, 0.29) is 23.9 Å². The zero-order chi connectivity index (χ0) is 23.6. The summed E-state index contributed by atoms with van der Waals surface area (Å²) in [6.45, 7) is 2.34. The number of halogens is 1. The second-order valence-electron chi connectivity index (χ2n) is 8.46. The number of nitrogens with zero attached hydrogens (tertiary/aromatic N) is 2. The Morgan fingerprint density at radius 1 is 1.06 bits per heavy atom. The van der Waals surface area contributed by atoms with E-state index in [9.17, 15) is 22.4 Å². The van der Waals surface area contributed by atoms with E-state index in [1.165, 1.54) is 16.4 Å². The fraction of sp³-hybridized carbons (Fsp3) is 0.417. The van der Waals surface area contributed by atoms with Gasteiger partial charge in [0, 0.05) is 25.3 Å². The highest BCUT2D eigenvalue weighted by Gasteiger charge is 2.36. The van der Waals surface area contributed by atoms with Crippen LogP contribution >= 0.6 is 0 Å². The summed E-state index contributed by atoms with van der Waals surface area (Å²) in [5.74, 6) is -2.07. The molecule has 2 aliphatic heterocycles. The zero-order valence-corrected chi connectivity index (χ0v) is 19.3. The van der Waals surface area contributed by atoms with Crippen LogP contribution in [0.25, 0.3) is 0 Å². The number of esters is 1. The Kier molecular flexibility index (Phi) is 6.81. The molecule has 0 spiro atoms. The van der Waals surface area contributed by atoms with Gasteiger partial charge < -0.3 is 9.64 Å². The third kappa shape index (κ3) is 4.94. The number of anilines is 1. The Hall–Kier alpha value is -2.78. The summed E-state index contributed by atoms with van der Waals surface area (Å²) in [5, 5.41) is 0. The highest BCUT2D eigenvalue weighted by molar-refractivity contribution is 7.89. The highest BCUT2D eigenvalue weighted by Crippen LogP contribution is 2.28. The van der Waals surface area contributed by atoms with E-state index < -0.39 is 33.8 Å². The van der Waals surface area contributed by atoms with Crippen LogP contribution in [-0.4, -0.2) is 50.3 Å². The Bertz CT molecular complexity index is 1140. The molecule has 4 rings (SSSR count). The summed E-state index contributed by atoms with van der Waals surface area (Å²) < 4.78 is 45.7. The molecule has 0 aliphatic carbocycles. The minimum atomic E-state index is -3.86. The molecule has 0 radical (unpaired) electrons. The quantitative estimate of drug-likeness (QED) is 0.622.